The largest absolute Gasteiger partial charge is 0.497 e. The minimum Gasteiger partial charge on any atom is -0.497 e. The normalized spacial score (nSPS) is 14.6. The van der Waals surface area contributed by atoms with Crippen molar-refractivity contribution in [1.82, 2.24) is 0 Å². The molecule has 1 unspecified atom stereocenters. The van der Waals surface area contributed by atoms with Crippen LogP contribution in [0.15, 0.2) is 42.5 Å². The van der Waals surface area contributed by atoms with E-state index in [1.54, 1.807) is 14.2 Å². The van der Waals surface area contributed by atoms with Crippen molar-refractivity contribution in [3.8, 4) is 11.5 Å². The third-order valence-corrected chi connectivity index (χ3v) is 5.07. The summed E-state index contributed by atoms with van der Waals surface area (Å²) in [7, 11) is 5.28. The van der Waals surface area contributed by atoms with Gasteiger partial charge in [0.1, 0.15) is 18.0 Å². The van der Waals surface area contributed by atoms with Gasteiger partial charge in [-0.05, 0) is 49.2 Å². The van der Waals surface area contributed by atoms with E-state index in [2.05, 4.69) is 22.3 Å². The average molecular weight is 385 g/mol. The number of hydrogen-bond acceptors (Lipinski definition) is 4. The van der Waals surface area contributed by atoms with Gasteiger partial charge in [0.05, 0.1) is 21.3 Å². The number of anilines is 2. The Balaban J connectivity index is 1.53. The van der Waals surface area contributed by atoms with Gasteiger partial charge < -0.3 is 24.6 Å². The Labute approximate surface area is 167 Å². The molecule has 6 heteroatoms. The van der Waals surface area contributed by atoms with E-state index in [0.717, 1.165) is 40.7 Å². The fourth-order valence-corrected chi connectivity index (χ4v) is 3.60. The molecule has 2 aromatic rings. The lowest BCUT2D eigenvalue weighted by Crippen LogP contribution is -3.08. The molecule has 1 amide bonds. The summed E-state index contributed by atoms with van der Waals surface area (Å²) < 4.78 is 10.7. The first kappa shape index (κ1) is 20.0. The number of hydrogen-bond donors (Lipinski definition) is 2. The Hall–Kier alpha value is -2.73. The van der Waals surface area contributed by atoms with Gasteiger partial charge in [-0.15, -0.1) is 0 Å². The molecule has 0 spiro atoms. The number of likely N-dealkylation sites (N-methyl/N-ethyl adjacent to an activating group) is 1. The Morgan fingerprint density at radius 3 is 2.43 bits per heavy atom. The minimum atomic E-state index is -0.00102. The summed E-state index contributed by atoms with van der Waals surface area (Å²) in [6, 6.07) is 13.9. The van der Waals surface area contributed by atoms with E-state index < -0.39 is 0 Å². The monoisotopic (exact) mass is 384 g/mol. The third kappa shape index (κ3) is 5.16. The average Bonchev–Trinajstić information content (AvgIpc) is 3.23. The zero-order chi connectivity index (χ0) is 19.9. The van der Waals surface area contributed by atoms with E-state index in [1.165, 1.54) is 18.5 Å². The standard InChI is InChI=1S/C22H29N3O3/c1-24(15-17-6-11-20(27-2)14-21(17)28-3)16-22(26)23-18-7-9-19(10-8-18)25-12-4-5-13-25/h6-11,14H,4-5,12-13,15-16H2,1-3H3,(H,23,26)/p+1. The van der Waals surface area contributed by atoms with Crippen LogP contribution in [0.5, 0.6) is 11.5 Å². The van der Waals surface area contributed by atoms with E-state index in [4.69, 9.17) is 9.47 Å². The van der Waals surface area contributed by atoms with Crippen molar-refractivity contribution in [3.63, 3.8) is 0 Å². The molecule has 1 atom stereocenters. The van der Waals surface area contributed by atoms with Gasteiger partial charge in [-0.1, -0.05) is 0 Å². The van der Waals surface area contributed by atoms with E-state index in [0.29, 0.717) is 13.1 Å². The number of ether oxygens (including phenoxy) is 2. The van der Waals surface area contributed by atoms with Gasteiger partial charge in [-0.3, -0.25) is 4.79 Å². The number of nitrogens with one attached hydrogen (secondary N) is 2. The van der Waals surface area contributed by atoms with Gasteiger partial charge in [0, 0.05) is 36.1 Å². The molecule has 1 saturated heterocycles. The molecule has 0 saturated carbocycles. The van der Waals surface area contributed by atoms with Gasteiger partial charge in [0.15, 0.2) is 6.54 Å². The Kier molecular flexibility index (Phi) is 6.76. The first-order valence-corrected chi connectivity index (χ1v) is 9.76. The summed E-state index contributed by atoms with van der Waals surface area (Å²) in [5, 5.41) is 2.99. The summed E-state index contributed by atoms with van der Waals surface area (Å²) in [5.41, 5.74) is 3.11. The molecule has 1 fully saturated rings. The number of carbonyl (C=O) groups excluding carboxylic acids is 1. The lowest BCUT2D eigenvalue weighted by molar-refractivity contribution is -0.885. The molecule has 28 heavy (non-hydrogen) atoms. The molecule has 3 rings (SSSR count). The fourth-order valence-electron chi connectivity index (χ4n) is 3.60. The van der Waals surface area contributed by atoms with Gasteiger partial charge in [0.25, 0.3) is 5.91 Å². The van der Waals surface area contributed by atoms with E-state index >= 15 is 0 Å². The van der Waals surface area contributed by atoms with Crippen molar-refractivity contribution in [3.05, 3.63) is 48.0 Å². The molecule has 0 aliphatic carbocycles. The van der Waals surface area contributed by atoms with E-state index in [-0.39, 0.29) is 5.91 Å². The number of amides is 1. The predicted molar refractivity (Wildman–Crippen MR) is 112 cm³/mol. The van der Waals surface area contributed by atoms with Crippen LogP contribution in [-0.2, 0) is 11.3 Å². The molecule has 0 radical (unpaired) electrons. The highest BCUT2D eigenvalue weighted by atomic mass is 16.5. The van der Waals surface area contributed by atoms with Crippen LogP contribution in [-0.4, -0.2) is 46.8 Å². The van der Waals surface area contributed by atoms with Crippen molar-refractivity contribution >= 4 is 17.3 Å². The van der Waals surface area contributed by atoms with Crippen LogP contribution in [0.3, 0.4) is 0 Å². The van der Waals surface area contributed by atoms with Crippen LogP contribution in [0.4, 0.5) is 11.4 Å². The van der Waals surface area contributed by atoms with E-state index in [1.807, 2.05) is 37.4 Å². The second-order valence-electron chi connectivity index (χ2n) is 7.28. The number of quaternary nitrogens is 1. The molecule has 1 aliphatic heterocycles. The number of nitrogens with zero attached hydrogens (tertiary/aromatic N) is 1. The van der Waals surface area contributed by atoms with Crippen LogP contribution in [0.25, 0.3) is 0 Å². The van der Waals surface area contributed by atoms with Crippen LogP contribution in [0, 0.1) is 0 Å². The van der Waals surface area contributed by atoms with Crippen molar-refractivity contribution in [2.24, 2.45) is 0 Å². The number of methoxy groups -OCH3 is 2. The highest BCUT2D eigenvalue weighted by molar-refractivity contribution is 5.91. The van der Waals surface area contributed by atoms with Crippen LogP contribution in [0.1, 0.15) is 18.4 Å². The maximum absolute atomic E-state index is 12.4. The quantitative estimate of drug-likeness (QED) is 0.731. The maximum Gasteiger partial charge on any atom is 0.279 e. The van der Waals surface area contributed by atoms with Gasteiger partial charge >= 0.3 is 0 Å². The molecule has 6 nitrogen and oxygen atoms in total. The summed E-state index contributed by atoms with van der Waals surface area (Å²) in [6.45, 7) is 3.31. The number of rotatable bonds is 8. The van der Waals surface area contributed by atoms with Gasteiger partial charge in [0.2, 0.25) is 0 Å². The molecule has 1 heterocycles. The van der Waals surface area contributed by atoms with Crippen molar-refractivity contribution < 1.29 is 19.2 Å². The van der Waals surface area contributed by atoms with Crippen LogP contribution in [0.2, 0.25) is 0 Å². The highest BCUT2D eigenvalue weighted by Crippen LogP contribution is 2.24. The second-order valence-corrected chi connectivity index (χ2v) is 7.28. The number of carbonyl (C=O) groups is 1. The topological polar surface area (TPSA) is 55.2 Å². The summed E-state index contributed by atoms with van der Waals surface area (Å²) in [6.07, 6.45) is 2.51. The zero-order valence-corrected chi connectivity index (χ0v) is 17.0. The number of benzene rings is 2. The first-order valence-electron chi connectivity index (χ1n) is 9.76. The first-order chi connectivity index (χ1) is 13.6. The molecule has 0 bridgehead atoms. The zero-order valence-electron chi connectivity index (χ0n) is 17.0. The van der Waals surface area contributed by atoms with Crippen molar-refractivity contribution in [2.45, 2.75) is 19.4 Å². The Bertz CT molecular complexity index is 786. The fraction of sp³-hybridized carbons (Fsp3) is 0.409. The molecule has 1 aliphatic rings. The molecule has 2 aromatic carbocycles. The molecule has 0 aromatic heterocycles. The molecule has 150 valence electrons. The lowest BCUT2D eigenvalue weighted by Gasteiger charge is -2.18. The maximum atomic E-state index is 12.4. The minimum absolute atomic E-state index is 0.00102. The van der Waals surface area contributed by atoms with E-state index in [9.17, 15) is 4.79 Å². The van der Waals surface area contributed by atoms with Crippen molar-refractivity contribution in [1.29, 1.82) is 0 Å². The summed E-state index contributed by atoms with van der Waals surface area (Å²) in [5.74, 6) is 1.53. The van der Waals surface area contributed by atoms with Crippen LogP contribution < -0.4 is 24.6 Å². The van der Waals surface area contributed by atoms with Gasteiger partial charge in [-0.2, -0.15) is 0 Å². The smallest absolute Gasteiger partial charge is 0.279 e. The highest BCUT2D eigenvalue weighted by Gasteiger charge is 2.15. The second kappa shape index (κ2) is 9.46. The Morgan fingerprint density at radius 2 is 1.79 bits per heavy atom. The van der Waals surface area contributed by atoms with Crippen molar-refractivity contribution in [2.75, 3.05) is 51.1 Å². The SMILES string of the molecule is COc1ccc(C[NH+](C)CC(=O)Nc2ccc(N3CCCC3)cc2)c(OC)c1. The lowest BCUT2D eigenvalue weighted by atomic mass is 10.2. The molecular weight excluding hydrogens is 354 g/mol. The van der Waals surface area contributed by atoms with Crippen LogP contribution >= 0.6 is 0 Å². The molecule has 2 N–H and O–H groups in total. The predicted octanol–water partition coefficient (Wildman–Crippen LogP) is 1.96. The third-order valence-electron chi connectivity index (χ3n) is 5.07. The summed E-state index contributed by atoms with van der Waals surface area (Å²) in [4.78, 5) is 15.9. The molecular formula is C22H30N3O3+. The summed E-state index contributed by atoms with van der Waals surface area (Å²) >= 11 is 0. The Morgan fingerprint density at radius 1 is 1.07 bits per heavy atom. The van der Waals surface area contributed by atoms with Gasteiger partial charge in [-0.25, -0.2) is 0 Å².